The molecule has 1 unspecified atom stereocenters. The number of ketones is 1. The zero-order chi connectivity index (χ0) is 22.8. The standard InChI is InChI=1S/C27H29NO4/c1-4-5-8-15-28-24(19-13-11-18(12-14-19)17(2)3)23(26(30)27(28)31)25(29)22-16-20-9-6-7-10-21(20)32-22/h6-7,9-14,16-17,24,30H,4-5,8,15H2,1-3H3. The number of aliphatic hydroxyl groups excluding tert-OH is 1. The highest BCUT2D eigenvalue weighted by Gasteiger charge is 2.44. The van der Waals surface area contributed by atoms with Gasteiger partial charge in [-0.15, -0.1) is 0 Å². The first kappa shape index (κ1) is 21.9. The van der Waals surface area contributed by atoms with E-state index in [-0.39, 0.29) is 11.3 Å². The highest BCUT2D eigenvalue weighted by molar-refractivity contribution is 6.16. The van der Waals surface area contributed by atoms with Crippen LogP contribution in [0.2, 0.25) is 0 Å². The van der Waals surface area contributed by atoms with Gasteiger partial charge in [-0.3, -0.25) is 9.59 Å². The number of hydrogen-bond acceptors (Lipinski definition) is 4. The highest BCUT2D eigenvalue weighted by Crippen LogP contribution is 2.40. The number of Topliss-reactive ketones (excluding diaryl/α,β-unsaturated/α-hetero) is 1. The molecular formula is C27H29NO4. The lowest BCUT2D eigenvalue weighted by Crippen LogP contribution is -2.32. The Morgan fingerprint density at radius 1 is 1.09 bits per heavy atom. The third kappa shape index (κ3) is 3.95. The van der Waals surface area contributed by atoms with E-state index in [1.807, 2.05) is 42.5 Å². The molecule has 5 nitrogen and oxygen atoms in total. The van der Waals surface area contributed by atoms with Crippen LogP contribution in [-0.2, 0) is 4.79 Å². The Morgan fingerprint density at radius 3 is 2.47 bits per heavy atom. The average Bonchev–Trinajstić information content (AvgIpc) is 3.33. The van der Waals surface area contributed by atoms with Gasteiger partial charge in [-0.2, -0.15) is 0 Å². The maximum Gasteiger partial charge on any atom is 0.290 e. The molecule has 0 fully saturated rings. The van der Waals surface area contributed by atoms with Crippen LogP contribution in [0.15, 0.2) is 70.3 Å². The summed E-state index contributed by atoms with van der Waals surface area (Å²) in [6.45, 7) is 6.81. The molecule has 32 heavy (non-hydrogen) atoms. The van der Waals surface area contributed by atoms with Crippen molar-refractivity contribution < 1.29 is 19.1 Å². The molecule has 3 aromatic rings. The number of unbranched alkanes of at least 4 members (excludes halogenated alkanes) is 2. The monoisotopic (exact) mass is 431 g/mol. The Labute approximate surface area is 188 Å². The Hall–Kier alpha value is -3.34. The number of furan rings is 1. The van der Waals surface area contributed by atoms with Crippen molar-refractivity contribution in [2.75, 3.05) is 6.54 Å². The summed E-state index contributed by atoms with van der Waals surface area (Å²) in [6.07, 6.45) is 2.79. The van der Waals surface area contributed by atoms with Gasteiger partial charge in [0.25, 0.3) is 5.91 Å². The summed E-state index contributed by atoms with van der Waals surface area (Å²) in [6, 6.07) is 16.3. The van der Waals surface area contributed by atoms with E-state index in [0.29, 0.717) is 18.0 Å². The van der Waals surface area contributed by atoms with Crippen molar-refractivity contribution in [3.05, 3.63) is 82.8 Å². The van der Waals surface area contributed by atoms with E-state index in [2.05, 4.69) is 20.8 Å². The molecule has 1 aliphatic rings. The number of hydrogen-bond donors (Lipinski definition) is 1. The van der Waals surface area contributed by atoms with Crippen molar-refractivity contribution in [3.8, 4) is 0 Å². The number of benzene rings is 2. The highest BCUT2D eigenvalue weighted by atomic mass is 16.3. The molecule has 0 aliphatic carbocycles. The normalized spacial score (nSPS) is 16.6. The van der Waals surface area contributed by atoms with Crippen molar-refractivity contribution in [2.45, 2.75) is 52.0 Å². The van der Waals surface area contributed by atoms with Gasteiger partial charge in [0.15, 0.2) is 11.5 Å². The topological polar surface area (TPSA) is 70.8 Å². The molecule has 166 valence electrons. The Kier molecular flexibility index (Phi) is 6.17. The van der Waals surface area contributed by atoms with Gasteiger partial charge in [-0.25, -0.2) is 0 Å². The van der Waals surface area contributed by atoms with Gasteiger partial charge in [0, 0.05) is 11.9 Å². The third-order valence-corrected chi connectivity index (χ3v) is 6.12. The number of para-hydroxylation sites is 1. The second-order valence-electron chi connectivity index (χ2n) is 8.67. The first-order chi connectivity index (χ1) is 15.4. The molecule has 1 atom stereocenters. The molecule has 1 aliphatic heterocycles. The molecule has 0 spiro atoms. The van der Waals surface area contributed by atoms with Crippen molar-refractivity contribution in [2.24, 2.45) is 0 Å². The molecule has 1 N–H and O–H groups in total. The summed E-state index contributed by atoms with van der Waals surface area (Å²) < 4.78 is 5.77. The Balaban J connectivity index is 1.76. The fourth-order valence-corrected chi connectivity index (χ4v) is 4.28. The number of nitrogens with zero attached hydrogens (tertiary/aromatic N) is 1. The predicted octanol–water partition coefficient (Wildman–Crippen LogP) is 6.32. The number of aliphatic hydroxyl groups is 1. The summed E-state index contributed by atoms with van der Waals surface area (Å²) in [4.78, 5) is 28.1. The van der Waals surface area contributed by atoms with Crippen LogP contribution >= 0.6 is 0 Å². The summed E-state index contributed by atoms with van der Waals surface area (Å²) in [7, 11) is 0. The zero-order valence-corrected chi connectivity index (χ0v) is 18.8. The molecule has 0 saturated carbocycles. The van der Waals surface area contributed by atoms with Crippen LogP contribution in [0, 0.1) is 0 Å². The van der Waals surface area contributed by atoms with E-state index in [1.54, 1.807) is 17.0 Å². The number of fused-ring (bicyclic) bond motifs is 1. The summed E-state index contributed by atoms with van der Waals surface area (Å²) in [5.74, 6) is -0.943. The SMILES string of the molecule is CCCCCN1C(=O)C(O)=C(C(=O)c2cc3ccccc3o2)C1c1ccc(C(C)C)cc1. The Morgan fingerprint density at radius 2 is 1.81 bits per heavy atom. The second-order valence-corrected chi connectivity index (χ2v) is 8.67. The molecule has 1 amide bonds. The van der Waals surface area contributed by atoms with E-state index in [1.165, 1.54) is 5.56 Å². The third-order valence-electron chi connectivity index (χ3n) is 6.12. The van der Waals surface area contributed by atoms with Crippen molar-refractivity contribution in [1.29, 1.82) is 0 Å². The van der Waals surface area contributed by atoms with Crippen LogP contribution in [0.25, 0.3) is 11.0 Å². The Bertz CT molecular complexity index is 1140. The van der Waals surface area contributed by atoms with Gasteiger partial charge < -0.3 is 14.4 Å². The minimum atomic E-state index is -0.638. The van der Waals surface area contributed by atoms with Crippen LogP contribution < -0.4 is 0 Å². The van der Waals surface area contributed by atoms with E-state index >= 15 is 0 Å². The lowest BCUT2D eigenvalue weighted by Gasteiger charge is -2.27. The molecule has 1 aromatic heterocycles. The van der Waals surface area contributed by atoms with Crippen LogP contribution in [0.5, 0.6) is 0 Å². The summed E-state index contributed by atoms with van der Waals surface area (Å²) in [5.41, 5.74) is 2.66. The van der Waals surface area contributed by atoms with Crippen molar-refractivity contribution >= 4 is 22.7 Å². The van der Waals surface area contributed by atoms with Crippen LogP contribution in [0.3, 0.4) is 0 Å². The first-order valence-electron chi connectivity index (χ1n) is 11.3. The number of carbonyl (C=O) groups is 2. The van der Waals surface area contributed by atoms with Crippen molar-refractivity contribution in [3.63, 3.8) is 0 Å². The predicted molar refractivity (Wildman–Crippen MR) is 125 cm³/mol. The van der Waals surface area contributed by atoms with Crippen LogP contribution in [0.4, 0.5) is 0 Å². The largest absolute Gasteiger partial charge is 0.503 e. The van der Waals surface area contributed by atoms with Crippen molar-refractivity contribution in [1.82, 2.24) is 4.90 Å². The molecule has 2 aromatic carbocycles. The molecule has 0 bridgehead atoms. The molecular weight excluding hydrogens is 402 g/mol. The van der Waals surface area contributed by atoms with Gasteiger partial charge in [-0.05, 0) is 35.6 Å². The lowest BCUT2D eigenvalue weighted by molar-refractivity contribution is -0.129. The van der Waals surface area contributed by atoms with Gasteiger partial charge in [0.1, 0.15) is 5.58 Å². The summed E-state index contributed by atoms with van der Waals surface area (Å²) >= 11 is 0. The van der Waals surface area contributed by atoms with Crippen LogP contribution in [-0.4, -0.2) is 28.2 Å². The quantitative estimate of drug-likeness (QED) is 0.334. The average molecular weight is 432 g/mol. The van der Waals surface area contributed by atoms with E-state index in [0.717, 1.165) is 30.2 Å². The van der Waals surface area contributed by atoms with Crippen LogP contribution in [0.1, 0.15) is 73.7 Å². The fraction of sp³-hybridized carbons (Fsp3) is 0.333. The van der Waals surface area contributed by atoms with Gasteiger partial charge in [0.2, 0.25) is 5.78 Å². The molecule has 4 rings (SSSR count). The first-order valence-corrected chi connectivity index (χ1v) is 11.3. The van der Waals surface area contributed by atoms with E-state index in [4.69, 9.17) is 4.42 Å². The van der Waals surface area contributed by atoms with E-state index in [9.17, 15) is 14.7 Å². The minimum Gasteiger partial charge on any atom is -0.503 e. The van der Waals surface area contributed by atoms with Gasteiger partial charge in [0.05, 0.1) is 11.6 Å². The fourth-order valence-electron chi connectivity index (χ4n) is 4.28. The molecule has 2 heterocycles. The number of amides is 1. The molecule has 5 heteroatoms. The second kappa shape index (κ2) is 9.03. The van der Waals surface area contributed by atoms with Gasteiger partial charge in [-0.1, -0.05) is 76.1 Å². The maximum absolute atomic E-state index is 13.5. The number of rotatable bonds is 8. The molecule has 0 radical (unpaired) electrons. The minimum absolute atomic E-state index is 0.0860. The lowest BCUT2D eigenvalue weighted by atomic mass is 9.92. The van der Waals surface area contributed by atoms with E-state index < -0.39 is 23.5 Å². The maximum atomic E-state index is 13.5. The summed E-state index contributed by atoms with van der Waals surface area (Å²) in [5, 5.41) is 11.6. The number of carbonyl (C=O) groups excluding carboxylic acids is 2. The molecule has 0 saturated heterocycles. The smallest absolute Gasteiger partial charge is 0.290 e. The zero-order valence-electron chi connectivity index (χ0n) is 18.8. The van der Waals surface area contributed by atoms with Gasteiger partial charge >= 0.3 is 0 Å².